The lowest BCUT2D eigenvalue weighted by Crippen LogP contribution is -2.52. The van der Waals surface area contributed by atoms with Crippen LogP contribution < -0.4 is 5.32 Å². The molecule has 8 nitrogen and oxygen atoms in total. The molecule has 0 aliphatic carbocycles. The van der Waals surface area contributed by atoms with E-state index in [-0.39, 0.29) is 48.0 Å². The molecule has 0 bridgehead atoms. The van der Waals surface area contributed by atoms with Gasteiger partial charge in [0.1, 0.15) is 11.3 Å². The normalized spacial score (nSPS) is 20.5. The first-order valence-corrected chi connectivity index (χ1v) is 12.8. The van der Waals surface area contributed by atoms with Gasteiger partial charge < -0.3 is 20.1 Å². The van der Waals surface area contributed by atoms with Gasteiger partial charge in [0, 0.05) is 38.0 Å². The number of nitrogens with one attached hydrogen (secondary N) is 2. The molecule has 35 heavy (non-hydrogen) atoms. The molecular weight excluding hydrogens is 449 g/mol. The minimum Gasteiger partial charge on any atom is -0.342 e. The lowest BCUT2D eigenvalue weighted by molar-refractivity contribution is -0.137. The monoisotopic (exact) mass is 485 g/mol. The van der Waals surface area contributed by atoms with Crippen molar-refractivity contribution in [2.24, 2.45) is 0 Å². The molecule has 1 aromatic carbocycles. The smallest absolute Gasteiger partial charge is 0.317 e. The second kappa shape index (κ2) is 11.2. The third-order valence-corrected chi connectivity index (χ3v) is 7.29. The van der Waals surface area contributed by atoms with Gasteiger partial charge in [-0.2, -0.15) is 0 Å². The summed E-state index contributed by atoms with van der Waals surface area (Å²) in [5, 5.41) is 2.86. The Kier molecular flexibility index (Phi) is 8.03. The molecule has 0 radical (unpaired) electrons. The van der Waals surface area contributed by atoms with Crippen LogP contribution in [0.4, 0.5) is 9.18 Å². The molecule has 2 aliphatic heterocycles. The van der Waals surface area contributed by atoms with Gasteiger partial charge in [-0.3, -0.25) is 9.59 Å². The van der Waals surface area contributed by atoms with E-state index in [4.69, 9.17) is 0 Å². The highest BCUT2D eigenvalue weighted by Crippen LogP contribution is 2.24. The average Bonchev–Trinajstić information content (AvgIpc) is 3.30. The number of Topliss-reactive ketones (excluding diaryl/α,β-unsaturated/α-hetero) is 1. The molecule has 0 spiro atoms. The first-order valence-electron chi connectivity index (χ1n) is 12.8. The van der Waals surface area contributed by atoms with Gasteiger partial charge in [0.2, 0.25) is 5.91 Å². The number of aromatic amines is 1. The van der Waals surface area contributed by atoms with Gasteiger partial charge in [0.15, 0.2) is 11.6 Å². The fourth-order valence-electron chi connectivity index (χ4n) is 5.13. The van der Waals surface area contributed by atoms with Crippen molar-refractivity contribution in [3.8, 4) is 0 Å². The van der Waals surface area contributed by atoms with E-state index in [0.29, 0.717) is 31.0 Å². The number of hydrogen-bond acceptors (Lipinski definition) is 4. The number of rotatable bonds is 7. The molecule has 3 amide bonds. The van der Waals surface area contributed by atoms with Crippen molar-refractivity contribution in [1.29, 1.82) is 0 Å². The Morgan fingerprint density at radius 2 is 1.86 bits per heavy atom. The van der Waals surface area contributed by atoms with Crippen LogP contribution in [0.2, 0.25) is 0 Å². The number of carbonyl (C=O) groups excluding carboxylic acids is 3. The first kappa shape index (κ1) is 25.1. The number of aromatic nitrogens is 2. The Balaban J connectivity index is 1.47. The number of halogens is 1. The largest absolute Gasteiger partial charge is 0.342 e. The maximum atomic E-state index is 14.1. The van der Waals surface area contributed by atoms with Crippen molar-refractivity contribution in [3.05, 3.63) is 29.8 Å². The highest BCUT2D eigenvalue weighted by molar-refractivity contribution is 5.93. The van der Waals surface area contributed by atoms with E-state index in [1.165, 1.54) is 6.07 Å². The summed E-state index contributed by atoms with van der Waals surface area (Å²) in [4.78, 5) is 50.5. The van der Waals surface area contributed by atoms with Gasteiger partial charge in [-0.25, -0.2) is 14.2 Å². The van der Waals surface area contributed by atoms with Crippen LogP contribution in [0.1, 0.15) is 77.0 Å². The van der Waals surface area contributed by atoms with Crippen LogP contribution in [0.3, 0.4) is 0 Å². The van der Waals surface area contributed by atoms with Crippen LogP contribution in [-0.2, 0) is 9.59 Å². The van der Waals surface area contributed by atoms with E-state index in [2.05, 4.69) is 15.3 Å². The van der Waals surface area contributed by atoms with E-state index in [9.17, 15) is 18.8 Å². The SMILES string of the molecule is C[C@H](CC(=O)[C@H](CC(=O)N1CCCC[C@@H]1C)NC(=O)N1CCCCC1)c1nc2c(F)cccc2[nH]1. The minimum atomic E-state index is -0.908. The molecule has 2 aliphatic rings. The van der Waals surface area contributed by atoms with Crippen molar-refractivity contribution >= 4 is 28.8 Å². The highest BCUT2D eigenvalue weighted by atomic mass is 19.1. The molecule has 2 saturated heterocycles. The van der Waals surface area contributed by atoms with Crippen LogP contribution in [-0.4, -0.2) is 69.2 Å². The third kappa shape index (κ3) is 6.00. The fourth-order valence-corrected chi connectivity index (χ4v) is 5.13. The standard InChI is InChI=1S/C26H36FN5O3/c1-17(25-28-20-11-8-10-19(27)24(20)30-25)15-22(33)21(29-26(35)31-12-5-3-6-13-31)16-23(34)32-14-7-4-9-18(32)2/h8,10-11,17-18,21H,3-7,9,12-16H2,1-2H3,(H,28,30)(H,29,35)/t17-,18+,21+/m1/s1. The van der Waals surface area contributed by atoms with E-state index in [1.54, 1.807) is 17.0 Å². The molecule has 2 aromatic rings. The average molecular weight is 486 g/mol. The van der Waals surface area contributed by atoms with Gasteiger partial charge >= 0.3 is 6.03 Å². The number of likely N-dealkylation sites (tertiary alicyclic amines) is 2. The molecule has 0 saturated carbocycles. The molecule has 190 valence electrons. The molecule has 4 rings (SSSR count). The molecule has 0 unspecified atom stereocenters. The quantitative estimate of drug-likeness (QED) is 0.616. The number of benzene rings is 1. The van der Waals surface area contributed by atoms with Crippen molar-refractivity contribution in [1.82, 2.24) is 25.1 Å². The number of hydrogen-bond donors (Lipinski definition) is 2. The predicted molar refractivity (Wildman–Crippen MR) is 131 cm³/mol. The second-order valence-corrected chi connectivity index (χ2v) is 10.0. The molecule has 3 heterocycles. The zero-order chi connectivity index (χ0) is 24.9. The second-order valence-electron chi connectivity index (χ2n) is 10.0. The van der Waals surface area contributed by atoms with E-state index < -0.39 is 11.9 Å². The summed E-state index contributed by atoms with van der Waals surface area (Å²) in [5.41, 5.74) is 0.814. The summed E-state index contributed by atoms with van der Waals surface area (Å²) in [7, 11) is 0. The van der Waals surface area contributed by atoms with Crippen LogP contribution >= 0.6 is 0 Å². The number of urea groups is 1. The highest BCUT2D eigenvalue weighted by Gasteiger charge is 2.32. The topological polar surface area (TPSA) is 98.4 Å². The number of ketones is 1. The molecule has 3 atom stereocenters. The molecule has 2 fully saturated rings. The van der Waals surface area contributed by atoms with Crippen LogP contribution in [0.5, 0.6) is 0 Å². The third-order valence-electron chi connectivity index (χ3n) is 7.29. The maximum absolute atomic E-state index is 14.1. The maximum Gasteiger partial charge on any atom is 0.317 e. The fraction of sp³-hybridized carbons (Fsp3) is 0.615. The van der Waals surface area contributed by atoms with Crippen molar-refractivity contribution in [3.63, 3.8) is 0 Å². The van der Waals surface area contributed by atoms with E-state index >= 15 is 0 Å². The van der Waals surface area contributed by atoms with Crippen molar-refractivity contribution in [2.75, 3.05) is 19.6 Å². The number of fused-ring (bicyclic) bond motifs is 1. The lowest BCUT2D eigenvalue weighted by atomic mass is 9.96. The number of nitrogens with zero attached hydrogens (tertiary/aromatic N) is 3. The lowest BCUT2D eigenvalue weighted by Gasteiger charge is -2.35. The van der Waals surface area contributed by atoms with Gasteiger partial charge in [0.25, 0.3) is 0 Å². The summed E-state index contributed by atoms with van der Waals surface area (Å²) < 4.78 is 14.1. The molecule has 9 heteroatoms. The summed E-state index contributed by atoms with van der Waals surface area (Å²) in [6.45, 7) is 5.87. The Bertz CT molecular complexity index is 1060. The number of imidazole rings is 1. The number of carbonyl (C=O) groups is 3. The minimum absolute atomic E-state index is 0.0514. The molecule has 1 aromatic heterocycles. The van der Waals surface area contributed by atoms with Gasteiger partial charge in [-0.05, 0) is 57.6 Å². The zero-order valence-corrected chi connectivity index (χ0v) is 20.7. The number of para-hydroxylation sites is 1. The Morgan fingerprint density at radius 3 is 2.57 bits per heavy atom. The van der Waals surface area contributed by atoms with Crippen LogP contribution in [0.15, 0.2) is 18.2 Å². The number of amides is 3. The summed E-state index contributed by atoms with van der Waals surface area (Å²) in [6.07, 6.45) is 5.99. The van der Waals surface area contributed by atoms with E-state index in [1.807, 2.05) is 18.7 Å². The summed E-state index contributed by atoms with van der Waals surface area (Å²) in [5.74, 6) is -0.561. The van der Waals surface area contributed by atoms with Crippen molar-refractivity contribution < 1.29 is 18.8 Å². The molecule has 2 N–H and O–H groups in total. The summed E-state index contributed by atoms with van der Waals surface area (Å²) >= 11 is 0. The van der Waals surface area contributed by atoms with Crippen LogP contribution in [0, 0.1) is 5.82 Å². The van der Waals surface area contributed by atoms with E-state index in [0.717, 1.165) is 38.5 Å². The van der Waals surface area contributed by atoms with Gasteiger partial charge in [-0.1, -0.05) is 13.0 Å². The zero-order valence-electron chi connectivity index (χ0n) is 20.7. The molecular formula is C26H36FN5O3. The van der Waals surface area contributed by atoms with Gasteiger partial charge in [0.05, 0.1) is 18.0 Å². The van der Waals surface area contributed by atoms with Crippen molar-refractivity contribution in [2.45, 2.75) is 83.2 Å². The Labute approximate surface area is 205 Å². The van der Waals surface area contributed by atoms with Gasteiger partial charge in [-0.15, -0.1) is 0 Å². The predicted octanol–water partition coefficient (Wildman–Crippen LogP) is 4.12. The summed E-state index contributed by atoms with van der Waals surface area (Å²) in [6, 6.07) is 3.63. The Hall–Kier alpha value is -2.97. The number of H-pyrrole nitrogens is 1. The van der Waals surface area contributed by atoms with Crippen LogP contribution in [0.25, 0.3) is 11.0 Å². The number of piperidine rings is 2. The first-order chi connectivity index (χ1) is 16.8. The Morgan fingerprint density at radius 1 is 1.11 bits per heavy atom.